The lowest BCUT2D eigenvalue weighted by atomic mass is 10.1. The number of carbonyl (C=O) groups is 1. The first-order chi connectivity index (χ1) is 4.72. The Morgan fingerprint density at radius 1 is 1.50 bits per heavy atom. The highest BCUT2D eigenvalue weighted by molar-refractivity contribution is 5.85. The number of nitrogens with two attached hydrogens (primary N) is 1. The van der Waals surface area contributed by atoms with Crippen LogP contribution in [0.1, 0.15) is 12.8 Å². The van der Waals surface area contributed by atoms with Gasteiger partial charge in [-0.1, -0.05) is 12.2 Å². The average Bonchev–Trinajstić information content (AvgIpc) is 1.89. The van der Waals surface area contributed by atoms with Crippen LogP contribution in [-0.2, 0) is 4.79 Å². The summed E-state index contributed by atoms with van der Waals surface area (Å²) in [5.74, 6) is 0.0231. The number of carbonyl (C=O) groups excluding carboxylic acids is 1. The third-order valence-corrected chi connectivity index (χ3v) is 1.18. The molecule has 0 amide bonds. The molecular weight excluding hydrogens is 126 g/mol. The first-order valence-electron chi connectivity index (χ1n) is 3.22. The van der Waals surface area contributed by atoms with Gasteiger partial charge in [-0.15, -0.1) is 13.2 Å². The van der Waals surface area contributed by atoms with Gasteiger partial charge in [-0.25, -0.2) is 0 Å². The zero-order valence-electron chi connectivity index (χ0n) is 6.05. The second-order valence-corrected chi connectivity index (χ2v) is 2.09. The molecule has 0 aliphatic rings. The summed E-state index contributed by atoms with van der Waals surface area (Å²) in [5, 5.41) is 0. The maximum Gasteiger partial charge on any atom is 0.153 e. The molecule has 2 nitrogen and oxygen atoms in total. The van der Waals surface area contributed by atoms with Crippen LogP contribution in [-0.4, -0.2) is 11.8 Å². The zero-order valence-corrected chi connectivity index (χ0v) is 6.05. The Bertz CT molecular complexity index is 140. The number of rotatable bonds is 5. The van der Waals surface area contributed by atoms with Gasteiger partial charge in [0.05, 0.1) is 6.04 Å². The Hall–Kier alpha value is -0.890. The molecule has 0 bridgehead atoms. The standard InChI is InChI=1S/C8H13NO/c1-3-5-7(9)8(10)6-4-2/h3-4,7H,1-2,5-6,9H2. The molecule has 0 aromatic rings. The number of Topliss-reactive ketones (excluding diaryl/α,β-unsaturated/α-hetero) is 1. The maximum atomic E-state index is 10.9. The molecule has 0 aliphatic carbocycles. The summed E-state index contributed by atoms with van der Waals surface area (Å²) in [6, 6.07) is -0.393. The van der Waals surface area contributed by atoms with Crippen LogP contribution in [0.3, 0.4) is 0 Å². The van der Waals surface area contributed by atoms with Gasteiger partial charge >= 0.3 is 0 Å². The Balaban J connectivity index is 3.68. The lowest BCUT2D eigenvalue weighted by molar-refractivity contribution is -0.119. The molecule has 2 N–H and O–H groups in total. The Morgan fingerprint density at radius 2 is 2.10 bits per heavy atom. The van der Waals surface area contributed by atoms with Crippen molar-refractivity contribution in [1.82, 2.24) is 0 Å². The van der Waals surface area contributed by atoms with E-state index >= 15 is 0 Å². The minimum absolute atomic E-state index is 0.0231. The van der Waals surface area contributed by atoms with E-state index in [0.29, 0.717) is 12.8 Å². The molecule has 0 fully saturated rings. The predicted octanol–water partition coefficient (Wildman–Crippen LogP) is 1.04. The van der Waals surface area contributed by atoms with Crippen molar-refractivity contribution in [2.24, 2.45) is 5.73 Å². The zero-order chi connectivity index (χ0) is 7.98. The molecule has 1 atom stereocenters. The van der Waals surface area contributed by atoms with Crippen LogP contribution in [0, 0.1) is 0 Å². The van der Waals surface area contributed by atoms with Crippen molar-refractivity contribution >= 4 is 5.78 Å². The summed E-state index contributed by atoms with van der Waals surface area (Å²) >= 11 is 0. The van der Waals surface area contributed by atoms with Gasteiger partial charge in [0.1, 0.15) is 0 Å². The molecular formula is C8H13NO. The van der Waals surface area contributed by atoms with Crippen LogP contribution in [0.2, 0.25) is 0 Å². The minimum atomic E-state index is -0.393. The first kappa shape index (κ1) is 9.11. The second-order valence-electron chi connectivity index (χ2n) is 2.09. The van der Waals surface area contributed by atoms with E-state index in [9.17, 15) is 4.79 Å². The molecule has 0 radical (unpaired) electrons. The van der Waals surface area contributed by atoms with E-state index in [4.69, 9.17) is 5.73 Å². The van der Waals surface area contributed by atoms with E-state index in [1.54, 1.807) is 12.2 Å². The third-order valence-electron chi connectivity index (χ3n) is 1.18. The molecule has 0 aliphatic heterocycles. The third kappa shape index (κ3) is 3.20. The van der Waals surface area contributed by atoms with Gasteiger partial charge in [0, 0.05) is 6.42 Å². The summed E-state index contributed by atoms with van der Waals surface area (Å²) < 4.78 is 0. The topological polar surface area (TPSA) is 43.1 Å². The van der Waals surface area contributed by atoms with Gasteiger partial charge in [-0.2, -0.15) is 0 Å². The van der Waals surface area contributed by atoms with E-state index in [-0.39, 0.29) is 5.78 Å². The fourth-order valence-corrected chi connectivity index (χ4v) is 0.605. The fourth-order valence-electron chi connectivity index (χ4n) is 0.605. The van der Waals surface area contributed by atoms with E-state index in [1.807, 2.05) is 0 Å². The van der Waals surface area contributed by atoms with E-state index in [1.165, 1.54) is 0 Å². The van der Waals surface area contributed by atoms with Crippen LogP contribution >= 0.6 is 0 Å². The van der Waals surface area contributed by atoms with E-state index in [2.05, 4.69) is 13.2 Å². The van der Waals surface area contributed by atoms with Gasteiger partial charge in [-0.3, -0.25) is 4.79 Å². The van der Waals surface area contributed by atoms with Gasteiger partial charge in [0.15, 0.2) is 5.78 Å². The summed E-state index contributed by atoms with van der Waals surface area (Å²) in [6.45, 7) is 6.93. The highest BCUT2D eigenvalue weighted by Crippen LogP contribution is 1.94. The van der Waals surface area contributed by atoms with Crippen LogP contribution in [0.15, 0.2) is 25.3 Å². The summed E-state index contributed by atoms with van der Waals surface area (Å²) in [5.41, 5.74) is 5.45. The molecule has 0 saturated heterocycles. The first-order valence-corrected chi connectivity index (χ1v) is 3.22. The lowest BCUT2D eigenvalue weighted by Crippen LogP contribution is -2.29. The molecule has 0 aromatic heterocycles. The lowest BCUT2D eigenvalue weighted by Gasteiger charge is -2.03. The Kier molecular flexibility index (Phi) is 4.50. The van der Waals surface area contributed by atoms with Crippen LogP contribution in [0.25, 0.3) is 0 Å². The predicted molar refractivity (Wildman–Crippen MR) is 42.6 cm³/mol. The molecule has 0 aromatic carbocycles. The van der Waals surface area contributed by atoms with E-state index < -0.39 is 6.04 Å². The number of ketones is 1. The van der Waals surface area contributed by atoms with Gasteiger partial charge in [0.2, 0.25) is 0 Å². The van der Waals surface area contributed by atoms with Crippen LogP contribution in [0.5, 0.6) is 0 Å². The van der Waals surface area contributed by atoms with Crippen molar-refractivity contribution in [3.63, 3.8) is 0 Å². The second kappa shape index (κ2) is 4.94. The molecule has 2 heteroatoms. The molecule has 0 rings (SSSR count). The highest BCUT2D eigenvalue weighted by Gasteiger charge is 2.08. The number of allylic oxidation sites excluding steroid dienone is 1. The number of hydrogen-bond donors (Lipinski definition) is 1. The monoisotopic (exact) mass is 139 g/mol. The van der Waals surface area contributed by atoms with Crippen molar-refractivity contribution in [2.45, 2.75) is 18.9 Å². The van der Waals surface area contributed by atoms with Crippen molar-refractivity contribution in [3.05, 3.63) is 25.3 Å². The van der Waals surface area contributed by atoms with Gasteiger partial charge in [0.25, 0.3) is 0 Å². The number of hydrogen-bond acceptors (Lipinski definition) is 2. The molecule has 56 valence electrons. The summed E-state index contributed by atoms with van der Waals surface area (Å²) in [4.78, 5) is 10.9. The molecule has 0 saturated carbocycles. The SMILES string of the molecule is C=CCC(=O)C(N)CC=C. The molecule has 10 heavy (non-hydrogen) atoms. The Labute approximate surface area is 61.4 Å². The average molecular weight is 139 g/mol. The Morgan fingerprint density at radius 3 is 2.50 bits per heavy atom. The molecule has 1 unspecified atom stereocenters. The largest absolute Gasteiger partial charge is 0.321 e. The van der Waals surface area contributed by atoms with Crippen molar-refractivity contribution in [1.29, 1.82) is 0 Å². The minimum Gasteiger partial charge on any atom is -0.321 e. The highest BCUT2D eigenvalue weighted by atomic mass is 16.1. The quantitative estimate of drug-likeness (QED) is 0.578. The van der Waals surface area contributed by atoms with Crippen molar-refractivity contribution in [2.75, 3.05) is 0 Å². The van der Waals surface area contributed by atoms with E-state index in [0.717, 1.165) is 0 Å². The van der Waals surface area contributed by atoms with Crippen molar-refractivity contribution in [3.8, 4) is 0 Å². The normalized spacial score (nSPS) is 12.1. The smallest absolute Gasteiger partial charge is 0.153 e. The fraction of sp³-hybridized carbons (Fsp3) is 0.375. The van der Waals surface area contributed by atoms with Crippen LogP contribution < -0.4 is 5.73 Å². The van der Waals surface area contributed by atoms with Crippen LogP contribution in [0.4, 0.5) is 0 Å². The van der Waals surface area contributed by atoms with Gasteiger partial charge < -0.3 is 5.73 Å². The molecule has 0 heterocycles. The maximum absolute atomic E-state index is 10.9. The van der Waals surface area contributed by atoms with Crippen molar-refractivity contribution < 1.29 is 4.79 Å². The summed E-state index contributed by atoms with van der Waals surface area (Å²) in [6.07, 6.45) is 4.11. The van der Waals surface area contributed by atoms with Gasteiger partial charge in [-0.05, 0) is 6.42 Å². The molecule has 0 spiro atoms. The summed E-state index contributed by atoms with van der Waals surface area (Å²) in [7, 11) is 0.